The van der Waals surface area contributed by atoms with Gasteiger partial charge in [-0.05, 0) is 68.7 Å². The van der Waals surface area contributed by atoms with E-state index in [1.54, 1.807) is 23.6 Å². The third-order valence-corrected chi connectivity index (χ3v) is 10.3. The van der Waals surface area contributed by atoms with Crippen LogP contribution in [0.25, 0.3) is 10.6 Å². The molecule has 0 unspecified atom stereocenters. The number of nitrogens with zero attached hydrogens (tertiary/aromatic N) is 2. The predicted octanol–water partition coefficient (Wildman–Crippen LogP) is 6.69. The van der Waals surface area contributed by atoms with Crippen LogP contribution in [0.2, 0.25) is 10.0 Å². The third-order valence-electron chi connectivity index (χ3n) is 7.25. The molecule has 190 valence electrons. The van der Waals surface area contributed by atoms with Crippen molar-refractivity contribution in [3.63, 3.8) is 0 Å². The first-order valence-electron chi connectivity index (χ1n) is 12.0. The number of halogens is 2. The van der Waals surface area contributed by atoms with Crippen LogP contribution in [0.1, 0.15) is 61.3 Å². The van der Waals surface area contributed by atoms with Gasteiger partial charge in [-0.15, -0.1) is 11.3 Å². The van der Waals surface area contributed by atoms with Crippen LogP contribution in [0.5, 0.6) is 0 Å². The molecule has 5 nitrogen and oxygen atoms in total. The van der Waals surface area contributed by atoms with Gasteiger partial charge in [0.05, 0.1) is 31.8 Å². The van der Waals surface area contributed by atoms with Gasteiger partial charge in [0.2, 0.25) is 0 Å². The first kappa shape index (κ1) is 25.9. The van der Waals surface area contributed by atoms with Gasteiger partial charge in [0.25, 0.3) is 5.91 Å². The molecule has 3 aromatic rings. The normalized spacial score (nSPS) is 19.9. The summed E-state index contributed by atoms with van der Waals surface area (Å²) in [5, 5.41) is 3.46. The number of hydrogen-bond acceptors (Lipinski definition) is 4. The quantitative estimate of drug-likeness (QED) is 0.386. The average molecular weight is 563 g/mol. The second kappa shape index (κ2) is 9.84. The molecule has 5 rings (SSSR count). The summed E-state index contributed by atoms with van der Waals surface area (Å²) < 4.78 is 16.2. The zero-order valence-corrected chi connectivity index (χ0v) is 23.7. The van der Waals surface area contributed by atoms with Crippen LogP contribution in [0.4, 0.5) is 0 Å². The van der Waals surface area contributed by atoms with E-state index in [-0.39, 0.29) is 22.1 Å². The molecular formula is C27H29Cl2N3O2S2. The van der Waals surface area contributed by atoms with E-state index in [0.717, 1.165) is 19.3 Å². The fraction of sp³-hybridized carbons (Fsp3) is 0.407. The van der Waals surface area contributed by atoms with Gasteiger partial charge in [-0.25, -0.2) is 13.9 Å². The highest BCUT2D eigenvalue weighted by Gasteiger charge is 2.49. The van der Waals surface area contributed by atoms with Crippen LogP contribution in [0.15, 0.2) is 47.8 Å². The van der Waals surface area contributed by atoms with E-state index in [9.17, 15) is 9.00 Å². The van der Waals surface area contributed by atoms with E-state index >= 15 is 0 Å². The van der Waals surface area contributed by atoms with Crippen molar-refractivity contribution in [3.8, 4) is 10.6 Å². The Hall–Kier alpha value is -1.77. The molecular weight excluding hydrogens is 533 g/mol. The number of piperidine rings is 1. The largest absolute Gasteiger partial charge is 0.337 e. The van der Waals surface area contributed by atoms with Crippen LogP contribution in [0.3, 0.4) is 0 Å². The van der Waals surface area contributed by atoms with Crippen molar-refractivity contribution in [2.75, 3.05) is 13.1 Å². The van der Waals surface area contributed by atoms with E-state index < -0.39 is 11.0 Å². The molecule has 2 atom stereocenters. The van der Waals surface area contributed by atoms with Crippen LogP contribution >= 0.6 is 34.5 Å². The van der Waals surface area contributed by atoms with E-state index in [0.29, 0.717) is 39.4 Å². The molecule has 1 spiro atoms. The molecule has 0 bridgehead atoms. The van der Waals surface area contributed by atoms with Gasteiger partial charge in [0, 0.05) is 24.0 Å². The smallest absolute Gasteiger partial charge is 0.273 e. The number of carbonyl (C=O) groups excluding carboxylic acids is 1. The molecule has 36 heavy (non-hydrogen) atoms. The molecule has 2 heterocycles. The summed E-state index contributed by atoms with van der Waals surface area (Å²) in [4.78, 5) is 19.8. The van der Waals surface area contributed by atoms with Crippen molar-refractivity contribution < 1.29 is 9.00 Å². The lowest BCUT2D eigenvalue weighted by Gasteiger charge is -2.43. The summed E-state index contributed by atoms with van der Waals surface area (Å²) in [6, 6.07) is 13.8. The highest BCUT2D eigenvalue weighted by Crippen LogP contribution is 2.52. The van der Waals surface area contributed by atoms with Gasteiger partial charge in [-0.3, -0.25) is 4.79 Å². The maximum atomic E-state index is 13.4. The van der Waals surface area contributed by atoms with Crippen molar-refractivity contribution >= 4 is 51.4 Å². The summed E-state index contributed by atoms with van der Waals surface area (Å²) in [7, 11) is -1.19. The SMILES string of the molecule is CC(C)(C)[S@@](=O)N[C@@H]1c2ccccc2CC12CCN(C(=O)c1csc(-c3c(Cl)cccc3Cl)n1)CC2. The van der Waals surface area contributed by atoms with Crippen molar-refractivity contribution in [1.82, 2.24) is 14.6 Å². The highest BCUT2D eigenvalue weighted by molar-refractivity contribution is 7.84. The number of likely N-dealkylation sites (tertiary alicyclic amines) is 1. The van der Waals surface area contributed by atoms with Crippen LogP contribution in [-0.4, -0.2) is 37.8 Å². The van der Waals surface area contributed by atoms with Crippen LogP contribution in [-0.2, 0) is 17.4 Å². The summed E-state index contributed by atoms with van der Waals surface area (Å²) in [5.41, 5.74) is 3.55. The number of carbonyl (C=O) groups is 1. The van der Waals surface area contributed by atoms with E-state index in [1.165, 1.54) is 22.5 Å². The molecule has 1 aliphatic carbocycles. The fourth-order valence-corrected chi connectivity index (χ4v) is 7.73. The zero-order valence-electron chi connectivity index (χ0n) is 20.5. The molecule has 0 saturated carbocycles. The Morgan fingerprint density at radius 3 is 2.44 bits per heavy atom. The number of aromatic nitrogens is 1. The van der Waals surface area contributed by atoms with Gasteiger partial charge in [0.15, 0.2) is 0 Å². The maximum absolute atomic E-state index is 13.4. The van der Waals surface area contributed by atoms with Gasteiger partial charge in [0.1, 0.15) is 10.7 Å². The molecule has 1 amide bonds. The predicted molar refractivity (Wildman–Crippen MR) is 149 cm³/mol. The Kier molecular flexibility index (Phi) is 7.07. The fourth-order valence-electron chi connectivity index (χ4n) is 5.23. The summed E-state index contributed by atoms with van der Waals surface area (Å²) in [6.07, 6.45) is 2.59. The minimum atomic E-state index is -1.19. The number of thiazole rings is 1. The Balaban J connectivity index is 1.34. The average Bonchev–Trinajstić information content (AvgIpc) is 3.42. The minimum absolute atomic E-state index is 0.000695. The van der Waals surface area contributed by atoms with Gasteiger partial charge in [-0.1, -0.05) is 53.5 Å². The standard InChI is InChI=1S/C27H29Cl2N3O2S2/c1-26(2,3)36(34)31-23-18-8-5-4-7-17(18)15-27(23)11-13-32(14-12-27)25(33)21-16-35-24(30-21)22-19(28)9-6-10-20(22)29/h4-10,16,23,31H,11-15H2,1-3H3/t23-,36-/m1/s1. The van der Waals surface area contributed by atoms with Crippen molar-refractivity contribution in [2.45, 2.75) is 50.8 Å². The van der Waals surface area contributed by atoms with Crippen LogP contribution in [0, 0.1) is 5.41 Å². The molecule has 2 aromatic carbocycles. The first-order chi connectivity index (χ1) is 17.1. The molecule has 1 saturated heterocycles. The number of amides is 1. The lowest BCUT2D eigenvalue weighted by Crippen LogP contribution is -2.49. The van der Waals surface area contributed by atoms with Crippen LogP contribution < -0.4 is 4.72 Å². The number of nitrogens with one attached hydrogen (secondary N) is 1. The Morgan fingerprint density at radius 1 is 1.11 bits per heavy atom. The summed E-state index contributed by atoms with van der Waals surface area (Å²) in [6.45, 7) is 7.23. The number of rotatable bonds is 4. The molecule has 1 N–H and O–H groups in total. The molecule has 9 heteroatoms. The number of hydrogen-bond donors (Lipinski definition) is 1. The molecule has 2 aliphatic rings. The summed E-state index contributed by atoms with van der Waals surface area (Å²) >= 11 is 14.1. The van der Waals surface area contributed by atoms with E-state index in [1.807, 2.05) is 25.7 Å². The topological polar surface area (TPSA) is 62.3 Å². The monoisotopic (exact) mass is 561 g/mol. The minimum Gasteiger partial charge on any atom is -0.337 e. The second-order valence-corrected chi connectivity index (χ2v) is 14.3. The number of fused-ring (bicyclic) bond motifs is 1. The maximum Gasteiger partial charge on any atom is 0.273 e. The van der Waals surface area contributed by atoms with Crippen molar-refractivity contribution in [2.24, 2.45) is 5.41 Å². The van der Waals surface area contributed by atoms with Gasteiger partial charge < -0.3 is 4.90 Å². The van der Waals surface area contributed by atoms with Crippen molar-refractivity contribution in [1.29, 1.82) is 0 Å². The number of benzene rings is 2. The first-order valence-corrected chi connectivity index (χ1v) is 14.8. The molecule has 1 aliphatic heterocycles. The van der Waals surface area contributed by atoms with E-state index in [2.05, 4.69) is 34.0 Å². The molecule has 1 aromatic heterocycles. The Labute approximate surface area is 228 Å². The highest BCUT2D eigenvalue weighted by atomic mass is 35.5. The van der Waals surface area contributed by atoms with Crippen molar-refractivity contribution in [3.05, 3.63) is 74.7 Å². The lowest BCUT2D eigenvalue weighted by atomic mass is 9.73. The van der Waals surface area contributed by atoms with Gasteiger partial charge >= 0.3 is 0 Å². The second-order valence-electron chi connectivity index (χ2n) is 10.6. The third kappa shape index (κ3) is 4.76. The van der Waals surface area contributed by atoms with E-state index in [4.69, 9.17) is 23.2 Å². The lowest BCUT2D eigenvalue weighted by molar-refractivity contribution is 0.0523. The van der Waals surface area contributed by atoms with Gasteiger partial charge in [-0.2, -0.15) is 0 Å². The Bertz CT molecular complexity index is 1310. The molecule has 1 fully saturated rings. The molecule has 0 radical (unpaired) electrons. The zero-order chi connectivity index (χ0) is 25.7. The Morgan fingerprint density at radius 2 is 1.78 bits per heavy atom. The summed E-state index contributed by atoms with van der Waals surface area (Å²) in [5.74, 6) is -0.0752.